The Kier molecular flexibility index (Phi) is 4.51. The van der Waals surface area contributed by atoms with Gasteiger partial charge in [-0.05, 0) is 41.8 Å². The number of hydrogen-bond donors (Lipinski definition) is 2. The molecular formula is C15H12ClN3O2S2. The second-order valence-electron chi connectivity index (χ2n) is 4.61. The van der Waals surface area contributed by atoms with Crippen molar-refractivity contribution in [2.45, 2.75) is 4.21 Å². The van der Waals surface area contributed by atoms with Crippen LogP contribution in [0.5, 0.6) is 0 Å². The number of benzene rings is 1. The lowest BCUT2D eigenvalue weighted by molar-refractivity contribution is 0.603. The molecule has 0 aliphatic heterocycles. The summed E-state index contributed by atoms with van der Waals surface area (Å²) < 4.78 is 27.0. The fraction of sp³-hybridized carbons (Fsp3) is 0. The lowest BCUT2D eigenvalue weighted by Gasteiger charge is -2.08. The molecule has 0 aliphatic rings. The Morgan fingerprint density at radius 2 is 1.91 bits per heavy atom. The van der Waals surface area contributed by atoms with Crippen LogP contribution in [-0.2, 0) is 10.0 Å². The van der Waals surface area contributed by atoms with Crippen molar-refractivity contribution in [3.8, 4) is 0 Å². The zero-order valence-electron chi connectivity index (χ0n) is 11.7. The van der Waals surface area contributed by atoms with Gasteiger partial charge in [-0.1, -0.05) is 23.7 Å². The molecule has 118 valence electrons. The first-order chi connectivity index (χ1) is 11.0. The lowest BCUT2D eigenvalue weighted by Crippen LogP contribution is -2.11. The number of anilines is 3. The number of nitrogens with zero attached hydrogens (tertiary/aromatic N) is 1. The molecule has 5 nitrogen and oxygen atoms in total. The standard InChI is InChI=1S/C15H12ClN3O2S2/c16-11-3-1-4-12(9-11)18-14-7-6-13(10-17-14)19-23(20,21)15-5-2-8-22-15/h1-10,19H,(H,17,18). The van der Waals surface area contributed by atoms with E-state index in [0.717, 1.165) is 17.0 Å². The summed E-state index contributed by atoms with van der Waals surface area (Å²) in [5, 5.41) is 5.43. The Hall–Kier alpha value is -2.09. The highest BCUT2D eigenvalue weighted by molar-refractivity contribution is 7.94. The van der Waals surface area contributed by atoms with Crippen LogP contribution in [0.4, 0.5) is 17.2 Å². The smallest absolute Gasteiger partial charge is 0.271 e. The monoisotopic (exact) mass is 365 g/mol. The van der Waals surface area contributed by atoms with Gasteiger partial charge in [0, 0.05) is 10.7 Å². The van der Waals surface area contributed by atoms with Crippen LogP contribution < -0.4 is 10.0 Å². The fourth-order valence-electron chi connectivity index (χ4n) is 1.86. The van der Waals surface area contributed by atoms with E-state index in [0.29, 0.717) is 16.5 Å². The molecule has 2 heterocycles. The molecular weight excluding hydrogens is 354 g/mol. The van der Waals surface area contributed by atoms with E-state index in [2.05, 4.69) is 15.0 Å². The molecule has 8 heteroatoms. The minimum atomic E-state index is -3.56. The summed E-state index contributed by atoms with van der Waals surface area (Å²) in [6.45, 7) is 0. The molecule has 0 aliphatic carbocycles. The summed E-state index contributed by atoms with van der Waals surface area (Å²) in [5.74, 6) is 0.589. The second kappa shape index (κ2) is 6.57. The molecule has 0 bridgehead atoms. The second-order valence-corrected chi connectivity index (χ2v) is 7.90. The first-order valence-corrected chi connectivity index (χ1v) is 9.32. The summed E-state index contributed by atoms with van der Waals surface area (Å²) in [6.07, 6.45) is 1.46. The van der Waals surface area contributed by atoms with Crippen molar-refractivity contribution in [3.05, 3.63) is 65.1 Å². The molecule has 0 fully saturated rings. The van der Waals surface area contributed by atoms with E-state index in [-0.39, 0.29) is 4.21 Å². The predicted molar refractivity (Wildman–Crippen MR) is 94.1 cm³/mol. The van der Waals surface area contributed by atoms with Gasteiger partial charge >= 0.3 is 0 Å². The molecule has 2 aromatic heterocycles. The number of pyridine rings is 1. The fourth-order valence-corrected chi connectivity index (χ4v) is 4.09. The number of sulfonamides is 1. The highest BCUT2D eigenvalue weighted by Gasteiger charge is 2.15. The summed E-state index contributed by atoms with van der Waals surface area (Å²) >= 11 is 7.08. The van der Waals surface area contributed by atoms with Crippen LogP contribution in [0.2, 0.25) is 5.02 Å². The zero-order valence-corrected chi connectivity index (χ0v) is 14.1. The number of nitrogens with one attached hydrogen (secondary N) is 2. The highest BCUT2D eigenvalue weighted by Crippen LogP contribution is 2.22. The minimum absolute atomic E-state index is 0.263. The quantitative estimate of drug-likeness (QED) is 0.705. The number of halogens is 1. The van der Waals surface area contributed by atoms with Gasteiger partial charge in [0.2, 0.25) is 0 Å². The Bertz CT molecular complexity index is 895. The molecule has 2 N–H and O–H groups in total. The van der Waals surface area contributed by atoms with E-state index in [4.69, 9.17) is 11.6 Å². The van der Waals surface area contributed by atoms with Crippen molar-refractivity contribution in [1.82, 2.24) is 4.98 Å². The maximum atomic E-state index is 12.1. The van der Waals surface area contributed by atoms with Crippen molar-refractivity contribution >= 4 is 50.2 Å². The summed E-state index contributed by atoms with van der Waals surface area (Å²) in [6, 6.07) is 13.8. The van der Waals surface area contributed by atoms with Crippen molar-refractivity contribution in [2.24, 2.45) is 0 Å². The van der Waals surface area contributed by atoms with Crippen LogP contribution in [0.1, 0.15) is 0 Å². The summed E-state index contributed by atoms with van der Waals surface area (Å²) in [4.78, 5) is 4.19. The Morgan fingerprint density at radius 3 is 2.57 bits per heavy atom. The van der Waals surface area contributed by atoms with Gasteiger partial charge < -0.3 is 5.32 Å². The third kappa shape index (κ3) is 4.01. The maximum absolute atomic E-state index is 12.1. The zero-order chi connectivity index (χ0) is 16.3. The van der Waals surface area contributed by atoms with E-state index in [1.807, 2.05) is 12.1 Å². The SMILES string of the molecule is O=S(=O)(Nc1ccc(Nc2cccc(Cl)c2)nc1)c1cccs1. The predicted octanol–water partition coefficient (Wildman–Crippen LogP) is 4.34. The molecule has 0 amide bonds. The number of hydrogen-bond acceptors (Lipinski definition) is 5. The van der Waals surface area contributed by atoms with Crippen LogP contribution in [-0.4, -0.2) is 13.4 Å². The van der Waals surface area contributed by atoms with Gasteiger partial charge in [-0.15, -0.1) is 11.3 Å². The first kappa shape index (κ1) is 15.8. The first-order valence-electron chi connectivity index (χ1n) is 6.58. The van der Waals surface area contributed by atoms with Crippen LogP contribution >= 0.6 is 22.9 Å². The average Bonchev–Trinajstić information content (AvgIpc) is 3.04. The van der Waals surface area contributed by atoms with Crippen LogP contribution in [0.15, 0.2) is 64.3 Å². The highest BCUT2D eigenvalue weighted by atomic mass is 35.5. The van der Waals surface area contributed by atoms with Crippen molar-refractivity contribution in [2.75, 3.05) is 10.0 Å². The van der Waals surface area contributed by atoms with Crippen molar-refractivity contribution < 1.29 is 8.42 Å². The molecule has 0 saturated heterocycles. The Morgan fingerprint density at radius 1 is 1.04 bits per heavy atom. The normalized spacial score (nSPS) is 11.2. The topological polar surface area (TPSA) is 71.1 Å². The molecule has 23 heavy (non-hydrogen) atoms. The molecule has 3 aromatic rings. The van der Waals surface area contributed by atoms with Crippen molar-refractivity contribution in [3.63, 3.8) is 0 Å². The van der Waals surface area contributed by atoms with E-state index in [1.165, 1.54) is 6.20 Å². The van der Waals surface area contributed by atoms with Gasteiger partial charge in [0.25, 0.3) is 10.0 Å². The largest absolute Gasteiger partial charge is 0.340 e. The van der Waals surface area contributed by atoms with Gasteiger partial charge in [0.15, 0.2) is 0 Å². The molecule has 0 unspecified atom stereocenters. The molecule has 0 saturated carbocycles. The third-order valence-corrected chi connectivity index (χ3v) is 5.89. The number of thiophene rings is 1. The van der Waals surface area contributed by atoms with Crippen LogP contribution in [0.25, 0.3) is 0 Å². The molecule has 0 radical (unpaired) electrons. The van der Waals surface area contributed by atoms with E-state index in [1.54, 1.807) is 41.8 Å². The van der Waals surface area contributed by atoms with E-state index in [9.17, 15) is 8.42 Å². The molecule has 3 rings (SSSR count). The van der Waals surface area contributed by atoms with Crippen molar-refractivity contribution in [1.29, 1.82) is 0 Å². The third-order valence-electron chi connectivity index (χ3n) is 2.87. The van der Waals surface area contributed by atoms with E-state index < -0.39 is 10.0 Å². The van der Waals surface area contributed by atoms with Gasteiger partial charge in [0.1, 0.15) is 10.0 Å². The summed E-state index contributed by atoms with van der Waals surface area (Å²) in [7, 11) is -3.56. The van der Waals surface area contributed by atoms with Crippen LogP contribution in [0.3, 0.4) is 0 Å². The number of rotatable bonds is 5. The number of aromatic nitrogens is 1. The average molecular weight is 366 g/mol. The van der Waals surface area contributed by atoms with Crippen LogP contribution in [0, 0.1) is 0 Å². The molecule has 0 atom stereocenters. The summed E-state index contributed by atoms with van der Waals surface area (Å²) in [5.41, 5.74) is 1.20. The van der Waals surface area contributed by atoms with Gasteiger partial charge in [0.05, 0.1) is 11.9 Å². The van der Waals surface area contributed by atoms with Gasteiger partial charge in [-0.2, -0.15) is 0 Å². The molecule has 0 spiro atoms. The Balaban J connectivity index is 1.72. The Labute approximate surface area is 143 Å². The maximum Gasteiger partial charge on any atom is 0.271 e. The van der Waals surface area contributed by atoms with Gasteiger partial charge in [-0.25, -0.2) is 13.4 Å². The molecule has 1 aromatic carbocycles. The minimum Gasteiger partial charge on any atom is -0.340 e. The van der Waals surface area contributed by atoms with E-state index >= 15 is 0 Å². The van der Waals surface area contributed by atoms with Gasteiger partial charge in [-0.3, -0.25) is 4.72 Å². The lowest BCUT2D eigenvalue weighted by atomic mass is 10.3.